The van der Waals surface area contributed by atoms with E-state index in [1.54, 1.807) is 12.4 Å². The molecule has 0 bridgehead atoms. The molecule has 0 atom stereocenters. The average Bonchev–Trinajstić information content (AvgIpc) is 2.89. The number of allylic oxidation sites excluding steroid dienone is 7. The average molecular weight is 522 g/mol. The van der Waals surface area contributed by atoms with E-state index in [1.165, 1.54) is 12.4 Å². The molecule has 3 rings (SSSR count). The molecule has 0 saturated carbocycles. The van der Waals surface area contributed by atoms with E-state index < -0.39 is 11.6 Å². The number of nitrogens with one attached hydrogen (secondary N) is 1. The quantitative estimate of drug-likeness (QED) is 0.378. The topological polar surface area (TPSA) is 69.5 Å². The molecule has 2 aromatic rings. The van der Waals surface area contributed by atoms with Gasteiger partial charge in [0.25, 0.3) is 0 Å². The minimum absolute atomic E-state index is 0.0533. The molecule has 1 aliphatic heterocycles. The van der Waals surface area contributed by atoms with Gasteiger partial charge in [-0.15, -0.1) is 0 Å². The number of hydrogen-bond donors (Lipinski definition) is 1. The molecule has 0 aliphatic carbocycles. The van der Waals surface area contributed by atoms with Crippen LogP contribution < -0.4 is 10.2 Å². The molecule has 0 radical (unpaired) electrons. The van der Waals surface area contributed by atoms with Gasteiger partial charge in [-0.1, -0.05) is 49.8 Å². The minimum Gasteiger partial charge on any atom is -0.363 e. The molecule has 1 fully saturated rings. The van der Waals surface area contributed by atoms with Crippen LogP contribution in [0.4, 0.5) is 20.4 Å². The molecule has 1 N–H and O–H groups in total. The number of halogens is 2. The number of nitrogens with zero attached hydrogens (tertiary/aromatic N) is 6. The van der Waals surface area contributed by atoms with E-state index in [-0.39, 0.29) is 23.9 Å². The predicted molar refractivity (Wildman–Crippen MR) is 152 cm³/mol. The first-order valence-corrected chi connectivity index (χ1v) is 13.0. The Bertz CT molecular complexity index is 1250. The highest BCUT2D eigenvalue weighted by Crippen LogP contribution is 2.24. The Morgan fingerprint density at radius 3 is 2.68 bits per heavy atom. The second-order valence-electron chi connectivity index (χ2n) is 9.02. The Labute approximate surface area is 224 Å². The Balaban J connectivity index is 1.76. The van der Waals surface area contributed by atoms with Crippen LogP contribution in [0.5, 0.6) is 0 Å². The van der Waals surface area contributed by atoms with Crippen LogP contribution in [0.3, 0.4) is 0 Å². The molecule has 0 aromatic carbocycles. The van der Waals surface area contributed by atoms with Crippen LogP contribution >= 0.6 is 0 Å². The second kappa shape index (κ2) is 14.2. The zero-order valence-corrected chi connectivity index (χ0v) is 22.9. The fraction of sp³-hybridized carbons (Fsp3) is 0.379. The summed E-state index contributed by atoms with van der Waals surface area (Å²) < 4.78 is 30.4. The Kier molecular flexibility index (Phi) is 10.7. The minimum atomic E-state index is -0.554. The van der Waals surface area contributed by atoms with E-state index in [4.69, 9.17) is 0 Å². The van der Waals surface area contributed by atoms with Gasteiger partial charge in [0, 0.05) is 44.7 Å². The van der Waals surface area contributed by atoms with E-state index in [0.29, 0.717) is 30.8 Å². The highest BCUT2D eigenvalue weighted by Gasteiger charge is 2.24. The van der Waals surface area contributed by atoms with Crippen LogP contribution in [-0.2, 0) is 6.54 Å². The van der Waals surface area contributed by atoms with Gasteiger partial charge in [-0.05, 0) is 38.3 Å². The van der Waals surface area contributed by atoms with E-state index in [9.17, 15) is 0 Å². The van der Waals surface area contributed by atoms with Crippen LogP contribution in [0, 0.1) is 11.6 Å². The molecule has 202 valence electrons. The summed E-state index contributed by atoms with van der Waals surface area (Å²) in [6, 6.07) is 1.42. The van der Waals surface area contributed by atoms with Gasteiger partial charge in [-0.3, -0.25) is 4.98 Å². The summed E-state index contributed by atoms with van der Waals surface area (Å²) in [5.41, 5.74) is 2.58. The number of hydrogen-bond acceptors (Lipinski definition) is 6. The zero-order valence-electron chi connectivity index (χ0n) is 22.9. The van der Waals surface area contributed by atoms with E-state index in [0.717, 1.165) is 24.3 Å². The number of piperazine rings is 1. The lowest BCUT2D eigenvalue weighted by molar-refractivity contribution is 0.465. The van der Waals surface area contributed by atoms with Gasteiger partial charge in [0.15, 0.2) is 11.6 Å². The Morgan fingerprint density at radius 1 is 1.16 bits per heavy atom. The summed E-state index contributed by atoms with van der Waals surface area (Å²) >= 11 is 0. The number of likely N-dealkylation sites (N-methyl/N-ethyl adjacent to an activating group) is 1. The molecule has 9 heteroatoms. The smallest absolute Gasteiger partial charge is 0.207 e. The molecule has 7 nitrogen and oxygen atoms in total. The SMILES string of the molecule is C\C=C/C(=C\C(C)=C\CC)c1ncc(CNc2ncnc(N3CCN(C)C(=N/C=C\CC)C3)c2F)cc1F. The van der Waals surface area contributed by atoms with Crippen molar-refractivity contribution in [1.29, 1.82) is 0 Å². The van der Waals surface area contributed by atoms with Crippen LogP contribution in [0.2, 0.25) is 0 Å². The third-order valence-electron chi connectivity index (χ3n) is 6.00. The van der Waals surface area contributed by atoms with Crippen molar-refractivity contribution in [2.24, 2.45) is 4.99 Å². The summed E-state index contributed by atoms with van der Waals surface area (Å²) in [6.07, 6.45) is 16.1. The zero-order chi connectivity index (χ0) is 27.5. The standard InChI is InChI=1S/C29H37F2N7/c1-6-9-12-32-25-19-38(14-13-37(25)5)29-26(31)28(35-20-36-29)34-18-22-16-24(30)27(33-17-22)23(11-8-3)15-21(4)10-7-2/h8-12,15-17,20H,6-7,13-14,18-19H2,1-5H3,(H,34,35,36)/b11-8-,12-9-,21-10+,23-15+,32-25?. The van der Waals surface area contributed by atoms with Crippen molar-refractivity contribution >= 4 is 23.0 Å². The number of pyridine rings is 1. The third-order valence-corrected chi connectivity index (χ3v) is 6.00. The summed E-state index contributed by atoms with van der Waals surface area (Å²) in [5.74, 6) is 0.101. The summed E-state index contributed by atoms with van der Waals surface area (Å²) in [5, 5.41) is 2.97. The van der Waals surface area contributed by atoms with Crippen LogP contribution in [-0.4, -0.2) is 52.4 Å². The Morgan fingerprint density at radius 2 is 1.97 bits per heavy atom. The monoisotopic (exact) mass is 521 g/mol. The molecule has 3 heterocycles. The van der Waals surface area contributed by atoms with Gasteiger partial charge in [0.2, 0.25) is 5.82 Å². The number of rotatable bonds is 10. The highest BCUT2D eigenvalue weighted by molar-refractivity contribution is 5.88. The largest absolute Gasteiger partial charge is 0.363 e. The molecular formula is C29H37F2N7. The molecule has 0 amide bonds. The molecule has 1 aliphatic rings. The number of aromatic nitrogens is 3. The lowest BCUT2D eigenvalue weighted by atomic mass is 10.1. The van der Waals surface area contributed by atoms with Crippen molar-refractivity contribution in [2.75, 3.05) is 36.9 Å². The number of anilines is 2. The molecule has 0 unspecified atom stereocenters. The van der Waals surface area contributed by atoms with E-state index in [1.807, 2.05) is 57.0 Å². The fourth-order valence-corrected chi connectivity index (χ4v) is 4.01. The van der Waals surface area contributed by atoms with Crippen molar-refractivity contribution in [1.82, 2.24) is 19.9 Å². The molecule has 0 spiro atoms. The van der Waals surface area contributed by atoms with Crippen molar-refractivity contribution in [3.05, 3.63) is 83.6 Å². The maximum Gasteiger partial charge on any atom is 0.207 e. The number of aliphatic imine (C=N–C) groups is 1. The van der Waals surface area contributed by atoms with Gasteiger partial charge in [-0.2, -0.15) is 4.39 Å². The van der Waals surface area contributed by atoms with Crippen molar-refractivity contribution in [3.63, 3.8) is 0 Å². The summed E-state index contributed by atoms with van der Waals surface area (Å²) in [7, 11) is 1.97. The molecule has 1 saturated heterocycles. The lowest BCUT2D eigenvalue weighted by Crippen LogP contribution is -2.49. The summed E-state index contributed by atoms with van der Waals surface area (Å²) in [6.45, 7) is 9.85. The van der Waals surface area contributed by atoms with Gasteiger partial charge in [-0.25, -0.2) is 19.4 Å². The van der Waals surface area contributed by atoms with Crippen LogP contribution in [0.1, 0.15) is 51.8 Å². The van der Waals surface area contributed by atoms with Crippen molar-refractivity contribution in [2.45, 2.75) is 47.1 Å². The maximum absolute atomic E-state index is 15.4. The lowest BCUT2D eigenvalue weighted by Gasteiger charge is -2.35. The van der Waals surface area contributed by atoms with Gasteiger partial charge in [0.05, 0.1) is 6.54 Å². The summed E-state index contributed by atoms with van der Waals surface area (Å²) in [4.78, 5) is 21.0. The molecule has 2 aromatic heterocycles. The second-order valence-corrected chi connectivity index (χ2v) is 9.02. The highest BCUT2D eigenvalue weighted by atomic mass is 19.1. The normalized spacial score (nSPS) is 16.3. The predicted octanol–water partition coefficient (Wildman–Crippen LogP) is 6.15. The number of amidine groups is 1. The van der Waals surface area contributed by atoms with Crippen molar-refractivity contribution in [3.8, 4) is 0 Å². The van der Waals surface area contributed by atoms with Gasteiger partial charge in [0.1, 0.15) is 23.7 Å². The fourth-order valence-electron chi connectivity index (χ4n) is 4.01. The Hall–Kier alpha value is -3.88. The first-order chi connectivity index (χ1) is 18.4. The molecular weight excluding hydrogens is 484 g/mol. The van der Waals surface area contributed by atoms with Crippen LogP contribution in [0.15, 0.2) is 65.7 Å². The van der Waals surface area contributed by atoms with E-state index in [2.05, 4.69) is 43.2 Å². The van der Waals surface area contributed by atoms with Gasteiger partial charge < -0.3 is 15.1 Å². The van der Waals surface area contributed by atoms with Crippen molar-refractivity contribution < 1.29 is 8.78 Å². The van der Waals surface area contributed by atoms with Gasteiger partial charge >= 0.3 is 0 Å². The first-order valence-electron chi connectivity index (χ1n) is 13.0. The van der Waals surface area contributed by atoms with Crippen LogP contribution in [0.25, 0.3) is 5.57 Å². The third kappa shape index (κ3) is 7.57. The first kappa shape index (κ1) is 28.7. The van der Waals surface area contributed by atoms with E-state index >= 15 is 8.78 Å². The molecule has 38 heavy (non-hydrogen) atoms. The maximum atomic E-state index is 15.4.